The van der Waals surface area contributed by atoms with Crippen LogP contribution in [0.3, 0.4) is 0 Å². The van der Waals surface area contributed by atoms with Crippen LogP contribution in [0.1, 0.15) is 45.2 Å². The molecule has 2 aromatic rings. The van der Waals surface area contributed by atoms with Crippen LogP contribution in [-0.4, -0.2) is 10.9 Å². The molecule has 0 saturated heterocycles. The van der Waals surface area contributed by atoms with Gasteiger partial charge in [0.1, 0.15) is 11.5 Å². The summed E-state index contributed by atoms with van der Waals surface area (Å²) in [5, 5.41) is 0.130. The van der Waals surface area contributed by atoms with Gasteiger partial charge < -0.3 is 5.73 Å². The number of halogens is 5. The average molecular weight is 359 g/mol. The summed E-state index contributed by atoms with van der Waals surface area (Å²) in [6, 6.07) is 4.35. The number of hydrogen-bond acceptors (Lipinski definition) is 2. The van der Waals surface area contributed by atoms with Gasteiger partial charge in [-0.3, -0.25) is 4.79 Å². The van der Waals surface area contributed by atoms with Crippen LogP contribution in [0.5, 0.6) is 0 Å². The summed E-state index contributed by atoms with van der Waals surface area (Å²) in [5.41, 5.74) is 4.74. The lowest BCUT2D eigenvalue weighted by Gasteiger charge is -2.17. The van der Waals surface area contributed by atoms with Gasteiger partial charge >= 0.3 is 6.18 Å². The van der Waals surface area contributed by atoms with Crippen molar-refractivity contribution in [2.24, 2.45) is 5.73 Å². The van der Waals surface area contributed by atoms with Crippen LogP contribution in [0.25, 0.3) is 0 Å². The summed E-state index contributed by atoms with van der Waals surface area (Å²) in [6.07, 6.45) is -4.02. The first-order chi connectivity index (χ1) is 11.2. The Morgan fingerprint density at radius 1 is 1.29 bits per heavy atom. The minimum Gasteiger partial charge on any atom is -0.366 e. The molecule has 0 spiro atoms. The summed E-state index contributed by atoms with van der Waals surface area (Å²) < 4.78 is 52.8. The molecular weight excluding hydrogens is 348 g/mol. The van der Waals surface area contributed by atoms with Gasteiger partial charge in [-0.25, -0.2) is 9.37 Å². The van der Waals surface area contributed by atoms with Crippen LogP contribution >= 0.6 is 11.6 Å². The molecule has 0 saturated carbocycles. The zero-order valence-corrected chi connectivity index (χ0v) is 12.9. The fourth-order valence-electron chi connectivity index (χ4n) is 3.03. The first-order valence-corrected chi connectivity index (χ1v) is 7.42. The van der Waals surface area contributed by atoms with E-state index in [1.54, 1.807) is 0 Å². The average Bonchev–Trinajstić information content (AvgIpc) is 2.89. The van der Waals surface area contributed by atoms with E-state index in [1.807, 2.05) is 0 Å². The second-order valence-electron chi connectivity index (χ2n) is 5.54. The van der Waals surface area contributed by atoms with E-state index in [4.69, 9.17) is 17.3 Å². The Morgan fingerprint density at radius 2 is 2.00 bits per heavy atom. The van der Waals surface area contributed by atoms with Gasteiger partial charge in [0.2, 0.25) is 0 Å². The fraction of sp³-hybridized carbons (Fsp3) is 0.250. The maximum atomic E-state index is 14.0. The number of rotatable bonds is 2. The Balaban J connectivity index is 2.19. The molecule has 1 aliphatic rings. The van der Waals surface area contributed by atoms with Crippen LogP contribution in [-0.2, 0) is 12.6 Å². The summed E-state index contributed by atoms with van der Waals surface area (Å²) in [7, 11) is 0. The molecule has 126 valence electrons. The number of nitrogens with two attached hydrogens (primary N) is 1. The van der Waals surface area contributed by atoms with Gasteiger partial charge in [0.05, 0.1) is 11.3 Å². The van der Waals surface area contributed by atoms with Gasteiger partial charge in [-0.1, -0.05) is 11.6 Å². The van der Waals surface area contributed by atoms with E-state index in [-0.39, 0.29) is 16.3 Å². The van der Waals surface area contributed by atoms with Gasteiger partial charge in [-0.15, -0.1) is 0 Å². The second kappa shape index (κ2) is 5.73. The first kappa shape index (κ1) is 16.7. The van der Waals surface area contributed by atoms with E-state index >= 15 is 0 Å². The highest BCUT2D eigenvalue weighted by Crippen LogP contribution is 2.42. The van der Waals surface area contributed by atoms with E-state index < -0.39 is 29.5 Å². The van der Waals surface area contributed by atoms with E-state index in [9.17, 15) is 22.4 Å². The van der Waals surface area contributed by atoms with Crippen LogP contribution in [0.4, 0.5) is 17.6 Å². The first-order valence-electron chi connectivity index (χ1n) is 7.04. The highest BCUT2D eigenvalue weighted by molar-refractivity contribution is 6.30. The Bertz CT molecular complexity index is 836. The van der Waals surface area contributed by atoms with E-state index in [1.165, 1.54) is 6.07 Å². The number of hydrogen-bond donors (Lipinski definition) is 1. The number of benzene rings is 1. The summed E-state index contributed by atoms with van der Waals surface area (Å²) >= 11 is 5.86. The minimum atomic E-state index is -4.66. The summed E-state index contributed by atoms with van der Waals surface area (Å²) in [6.45, 7) is 0. The predicted octanol–water partition coefficient (Wildman–Crippen LogP) is 4.07. The zero-order chi connectivity index (χ0) is 17.6. The summed E-state index contributed by atoms with van der Waals surface area (Å²) in [4.78, 5) is 15.2. The number of primary amides is 1. The Morgan fingerprint density at radius 3 is 2.62 bits per heavy atom. The minimum absolute atomic E-state index is 0.0993. The van der Waals surface area contributed by atoms with Crippen molar-refractivity contribution in [1.82, 2.24) is 4.98 Å². The maximum absolute atomic E-state index is 14.0. The van der Waals surface area contributed by atoms with Crippen molar-refractivity contribution in [2.45, 2.75) is 24.9 Å². The van der Waals surface area contributed by atoms with Crippen molar-refractivity contribution >= 4 is 17.5 Å². The largest absolute Gasteiger partial charge is 0.433 e. The van der Waals surface area contributed by atoms with Crippen LogP contribution < -0.4 is 5.73 Å². The fourth-order valence-corrected chi connectivity index (χ4v) is 3.25. The smallest absolute Gasteiger partial charge is 0.366 e. The molecule has 1 amide bonds. The molecule has 0 bridgehead atoms. The molecule has 0 fully saturated rings. The van der Waals surface area contributed by atoms with Crippen molar-refractivity contribution < 1.29 is 22.4 Å². The molecule has 1 atom stereocenters. The normalized spacial score (nSPS) is 17.0. The number of aromatic nitrogens is 1. The molecule has 2 N–H and O–H groups in total. The highest BCUT2D eigenvalue weighted by atomic mass is 35.5. The van der Waals surface area contributed by atoms with Gasteiger partial charge in [0, 0.05) is 10.9 Å². The molecule has 1 heterocycles. The zero-order valence-electron chi connectivity index (χ0n) is 12.1. The van der Waals surface area contributed by atoms with Crippen molar-refractivity contribution in [3.05, 3.63) is 63.2 Å². The van der Waals surface area contributed by atoms with Gasteiger partial charge in [-0.2, -0.15) is 13.2 Å². The molecule has 3 nitrogen and oxygen atoms in total. The molecule has 8 heteroatoms. The van der Waals surface area contributed by atoms with Crippen LogP contribution in [0, 0.1) is 5.82 Å². The third-order valence-electron chi connectivity index (χ3n) is 4.06. The van der Waals surface area contributed by atoms with Gasteiger partial charge in [-0.05, 0) is 48.2 Å². The molecule has 1 aliphatic carbocycles. The molecule has 3 rings (SSSR count). The molecule has 1 aromatic heterocycles. The Labute approximate surface area is 139 Å². The molecule has 0 radical (unpaired) electrons. The third kappa shape index (κ3) is 2.84. The molecular formula is C16H11ClF4N2O. The molecule has 0 unspecified atom stereocenters. The third-order valence-corrected chi connectivity index (χ3v) is 4.28. The second-order valence-corrected chi connectivity index (χ2v) is 5.97. The monoisotopic (exact) mass is 358 g/mol. The standard InChI is InChI=1S/C16H11ClF4N2O/c17-7-5-11-8(12(18)6-7)1-2-9(11)14-10(15(22)24)3-4-13(23-14)16(19,20)21/h3-6,9H,1-2H2,(H2,22,24)/t9-/m1/s1. The number of nitrogens with zero attached hydrogens (tertiary/aromatic N) is 1. The molecule has 1 aromatic carbocycles. The lowest BCUT2D eigenvalue weighted by Crippen LogP contribution is -2.19. The van der Waals surface area contributed by atoms with Gasteiger partial charge in [0.15, 0.2) is 0 Å². The quantitative estimate of drug-likeness (QED) is 0.823. The number of carbonyl (C=O) groups is 1. The van der Waals surface area contributed by atoms with E-state index in [0.717, 1.165) is 12.1 Å². The van der Waals surface area contributed by atoms with Crippen molar-refractivity contribution in [2.75, 3.05) is 0 Å². The molecule has 24 heavy (non-hydrogen) atoms. The summed E-state index contributed by atoms with van der Waals surface area (Å²) in [5.74, 6) is -2.08. The highest BCUT2D eigenvalue weighted by Gasteiger charge is 2.36. The number of carbonyl (C=O) groups excluding carboxylic acids is 1. The van der Waals surface area contributed by atoms with Crippen molar-refractivity contribution in [3.63, 3.8) is 0 Å². The SMILES string of the molecule is NC(=O)c1ccc(C(F)(F)F)nc1[C@@H]1CCc2c(F)cc(Cl)cc21. The lowest BCUT2D eigenvalue weighted by molar-refractivity contribution is -0.141. The number of alkyl halides is 3. The van der Waals surface area contributed by atoms with E-state index in [2.05, 4.69) is 4.98 Å². The van der Waals surface area contributed by atoms with Crippen LogP contribution in [0.2, 0.25) is 5.02 Å². The Hall–Kier alpha value is -2.15. The van der Waals surface area contributed by atoms with Gasteiger partial charge in [0.25, 0.3) is 5.91 Å². The predicted molar refractivity (Wildman–Crippen MR) is 79.3 cm³/mol. The number of pyridine rings is 1. The van der Waals surface area contributed by atoms with E-state index in [0.29, 0.717) is 30.0 Å². The molecule has 0 aliphatic heterocycles. The topological polar surface area (TPSA) is 56.0 Å². The number of fused-ring (bicyclic) bond motifs is 1. The lowest BCUT2D eigenvalue weighted by atomic mass is 9.93. The van der Waals surface area contributed by atoms with Crippen molar-refractivity contribution in [1.29, 1.82) is 0 Å². The maximum Gasteiger partial charge on any atom is 0.433 e. The van der Waals surface area contributed by atoms with Crippen LogP contribution in [0.15, 0.2) is 24.3 Å². The number of amides is 1. The van der Waals surface area contributed by atoms with Crippen molar-refractivity contribution in [3.8, 4) is 0 Å². The Kier molecular flexibility index (Phi) is 3.99.